The van der Waals surface area contributed by atoms with Crippen molar-refractivity contribution in [3.05, 3.63) is 86.6 Å². The molecule has 0 aliphatic carbocycles. The van der Waals surface area contributed by atoms with E-state index in [1.807, 2.05) is 19.1 Å². The van der Waals surface area contributed by atoms with Crippen molar-refractivity contribution < 1.29 is 19.8 Å². The lowest BCUT2D eigenvalue weighted by atomic mass is 9.94. The number of aliphatic hydroxyl groups excluding tert-OH is 1. The predicted molar refractivity (Wildman–Crippen MR) is 115 cm³/mol. The molecule has 0 saturated heterocycles. The van der Waals surface area contributed by atoms with Crippen LogP contribution in [0.1, 0.15) is 37.5 Å². The van der Waals surface area contributed by atoms with E-state index < -0.39 is 23.5 Å². The minimum Gasteiger partial charge on any atom is -0.508 e. The zero-order valence-corrected chi connectivity index (χ0v) is 17.5. The van der Waals surface area contributed by atoms with Gasteiger partial charge in [-0.3, -0.25) is 14.5 Å². The van der Waals surface area contributed by atoms with E-state index in [0.29, 0.717) is 21.8 Å². The van der Waals surface area contributed by atoms with E-state index in [1.165, 1.54) is 28.4 Å². The van der Waals surface area contributed by atoms with Gasteiger partial charge in [0.15, 0.2) is 5.76 Å². The summed E-state index contributed by atoms with van der Waals surface area (Å²) in [5, 5.41) is 21.2. The highest BCUT2D eigenvalue weighted by Gasteiger charge is 2.45. The van der Waals surface area contributed by atoms with Crippen LogP contribution in [-0.2, 0) is 4.79 Å². The summed E-state index contributed by atoms with van der Waals surface area (Å²) in [7, 11) is 0. The number of thiazole rings is 1. The van der Waals surface area contributed by atoms with Gasteiger partial charge in [0.05, 0.1) is 27.2 Å². The van der Waals surface area contributed by atoms with Gasteiger partial charge in [0.2, 0.25) is 5.78 Å². The van der Waals surface area contributed by atoms with Gasteiger partial charge in [-0.05, 0) is 50.6 Å². The van der Waals surface area contributed by atoms with Crippen molar-refractivity contribution in [2.75, 3.05) is 4.90 Å². The lowest BCUT2D eigenvalue weighted by Gasteiger charge is -2.27. The number of hydrogen-bond acceptors (Lipinski definition) is 6. The molecule has 1 atom stereocenters. The number of amides is 1. The second-order valence-corrected chi connectivity index (χ2v) is 8.45. The highest BCUT2D eigenvalue weighted by atomic mass is 32.1. The van der Waals surface area contributed by atoms with E-state index in [0.717, 1.165) is 10.6 Å². The maximum absolute atomic E-state index is 13.4. The molecule has 4 rings (SSSR count). The molecule has 2 aromatic carbocycles. The topological polar surface area (TPSA) is 90.7 Å². The third-order valence-corrected chi connectivity index (χ3v) is 6.16. The first-order valence-electron chi connectivity index (χ1n) is 9.39. The fourth-order valence-electron chi connectivity index (χ4n) is 3.65. The second-order valence-electron chi connectivity index (χ2n) is 7.24. The molecule has 30 heavy (non-hydrogen) atoms. The molecule has 3 aromatic rings. The summed E-state index contributed by atoms with van der Waals surface area (Å²) < 4.78 is 0. The number of aromatic nitrogens is 1. The number of nitrogens with zero attached hydrogens (tertiary/aromatic N) is 2. The number of phenolic OH excluding ortho intramolecular Hbond substituents is 1. The molecule has 152 valence electrons. The number of carbonyl (C=O) groups excluding carboxylic acids is 2. The molecule has 2 heterocycles. The fraction of sp³-hybridized carbons (Fsp3) is 0.174. The summed E-state index contributed by atoms with van der Waals surface area (Å²) >= 11 is 1.24. The molecule has 0 spiro atoms. The predicted octanol–water partition coefficient (Wildman–Crippen LogP) is 4.56. The molecular weight excluding hydrogens is 400 g/mol. The second kappa shape index (κ2) is 7.42. The maximum Gasteiger partial charge on any atom is 0.294 e. The average molecular weight is 420 g/mol. The molecule has 1 aromatic heterocycles. The van der Waals surface area contributed by atoms with Crippen LogP contribution < -0.4 is 4.90 Å². The molecule has 1 amide bonds. The minimum absolute atomic E-state index is 0.0121. The molecule has 0 fully saturated rings. The zero-order chi connectivity index (χ0) is 21.6. The van der Waals surface area contributed by atoms with Crippen molar-refractivity contribution in [2.45, 2.75) is 26.8 Å². The molecule has 0 bridgehead atoms. The Morgan fingerprint density at radius 2 is 1.63 bits per heavy atom. The Hall–Kier alpha value is -3.45. The van der Waals surface area contributed by atoms with E-state index >= 15 is 0 Å². The number of anilines is 1. The lowest BCUT2D eigenvalue weighted by Crippen LogP contribution is -2.31. The van der Waals surface area contributed by atoms with Gasteiger partial charge in [-0.25, -0.2) is 4.98 Å². The monoisotopic (exact) mass is 420 g/mol. The molecule has 2 N–H and O–H groups in total. The van der Waals surface area contributed by atoms with E-state index in [1.54, 1.807) is 38.1 Å². The highest BCUT2D eigenvalue weighted by molar-refractivity contribution is 7.14. The van der Waals surface area contributed by atoms with Crippen LogP contribution in [0, 0.1) is 20.8 Å². The standard InChI is InChI=1S/C23H20N2O4S/c1-12-4-8-16(9-5-12)25-19(15-6-10-17(26)11-7-15)18(21(28)23(25)29)20(27)22-13(2)24-14(3)30-22/h4-11,19,26,28H,1-3H3. The average Bonchev–Trinajstić information content (AvgIpc) is 3.19. The molecular formula is C23H20N2O4S. The van der Waals surface area contributed by atoms with Crippen LogP contribution in [-0.4, -0.2) is 26.9 Å². The Labute approximate surface area is 177 Å². The number of aliphatic hydroxyl groups is 1. The van der Waals surface area contributed by atoms with Crippen molar-refractivity contribution in [2.24, 2.45) is 0 Å². The number of ketones is 1. The van der Waals surface area contributed by atoms with Crippen molar-refractivity contribution >= 4 is 28.7 Å². The normalized spacial score (nSPS) is 16.4. The Morgan fingerprint density at radius 3 is 2.20 bits per heavy atom. The van der Waals surface area contributed by atoms with Crippen molar-refractivity contribution in [3.8, 4) is 5.75 Å². The highest BCUT2D eigenvalue weighted by Crippen LogP contribution is 2.43. The summed E-state index contributed by atoms with van der Waals surface area (Å²) in [5.74, 6) is -1.56. The Balaban J connectivity index is 1.89. The van der Waals surface area contributed by atoms with Crippen LogP contribution in [0.15, 0.2) is 59.9 Å². The van der Waals surface area contributed by atoms with E-state index in [-0.39, 0.29) is 11.3 Å². The van der Waals surface area contributed by atoms with E-state index in [4.69, 9.17) is 0 Å². The zero-order valence-electron chi connectivity index (χ0n) is 16.7. The summed E-state index contributed by atoms with van der Waals surface area (Å²) in [6.45, 7) is 5.48. The van der Waals surface area contributed by atoms with Crippen LogP contribution in [0.3, 0.4) is 0 Å². The van der Waals surface area contributed by atoms with Gasteiger partial charge in [-0.1, -0.05) is 29.8 Å². The molecule has 0 radical (unpaired) electrons. The van der Waals surface area contributed by atoms with Gasteiger partial charge in [-0.15, -0.1) is 11.3 Å². The van der Waals surface area contributed by atoms with Gasteiger partial charge >= 0.3 is 0 Å². The van der Waals surface area contributed by atoms with Gasteiger partial charge in [0.25, 0.3) is 5.91 Å². The van der Waals surface area contributed by atoms with Crippen LogP contribution in [0.4, 0.5) is 5.69 Å². The van der Waals surface area contributed by atoms with Crippen LogP contribution >= 0.6 is 11.3 Å². The maximum atomic E-state index is 13.4. The van der Waals surface area contributed by atoms with E-state index in [2.05, 4.69) is 4.98 Å². The number of phenols is 1. The van der Waals surface area contributed by atoms with Crippen molar-refractivity contribution in [1.29, 1.82) is 0 Å². The van der Waals surface area contributed by atoms with Crippen LogP contribution in [0.25, 0.3) is 0 Å². The van der Waals surface area contributed by atoms with Crippen LogP contribution in [0.2, 0.25) is 0 Å². The Bertz CT molecular complexity index is 1180. The summed E-state index contributed by atoms with van der Waals surface area (Å²) in [6, 6.07) is 12.7. The summed E-state index contributed by atoms with van der Waals surface area (Å²) in [4.78, 5) is 32.6. The molecule has 6 nitrogen and oxygen atoms in total. The van der Waals surface area contributed by atoms with E-state index in [9.17, 15) is 19.8 Å². The number of hydrogen-bond donors (Lipinski definition) is 2. The minimum atomic E-state index is -0.824. The van der Waals surface area contributed by atoms with Gasteiger partial charge in [0.1, 0.15) is 5.75 Å². The quantitative estimate of drug-likeness (QED) is 0.604. The SMILES string of the molecule is Cc1ccc(N2C(=O)C(O)=C(C(=O)c3sc(C)nc3C)C2c2ccc(O)cc2)cc1. The summed E-state index contributed by atoms with van der Waals surface area (Å²) in [5.41, 5.74) is 2.77. The largest absolute Gasteiger partial charge is 0.508 e. The smallest absolute Gasteiger partial charge is 0.294 e. The molecule has 1 unspecified atom stereocenters. The Kier molecular flexibility index (Phi) is 4.91. The number of Topliss-reactive ketones (excluding diaryl/α,β-unsaturated/α-hetero) is 1. The van der Waals surface area contributed by atoms with Crippen LogP contribution in [0.5, 0.6) is 5.75 Å². The first-order chi connectivity index (χ1) is 14.3. The summed E-state index contributed by atoms with van der Waals surface area (Å²) in [6.07, 6.45) is 0. The van der Waals surface area contributed by atoms with Gasteiger partial charge in [-0.2, -0.15) is 0 Å². The van der Waals surface area contributed by atoms with Crippen molar-refractivity contribution in [3.63, 3.8) is 0 Å². The molecule has 1 aliphatic rings. The van der Waals surface area contributed by atoms with Gasteiger partial charge in [0, 0.05) is 5.69 Å². The number of benzene rings is 2. The fourth-order valence-corrected chi connectivity index (χ4v) is 4.52. The third kappa shape index (κ3) is 3.27. The number of rotatable bonds is 4. The van der Waals surface area contributed by atoms with Crippen molar-refractivity contribution in [1.82, 2.24) is 4.98 Å². The number of carbonyl (C=O) groups is 2. The Morgan fingerprint density at radius 1 is 1.00 bits per heavy atom. The number of aromatic hydroxyl groups is 1. The number of aryl methyl sites for hydroxylation is 3. The third-order valence-electron chi connectivity index (χ3n) is 5.08. The lowest BCUT2D eigenvalue weighted by molar-refractivity contribution is -0.117. The molecule has 0 saturated carbocycles. The first-order valence-corrected chi connectivity index (χ1v) is 10.2. The van der Waals surface area contributed by atoms with Gasteiger partial charge < -0.3 is 10.2 Å². The molecule has 7 heteroatoms. The molecule has 1 aliphatic heterocycles. The first kappa shape index (κ1) is 19.8.